The topological polar surface area (TPSA) is 99.4 Å². The molecule has 0 atom stereocenters. The molecule has 0 heterocycles. The van der Waals surface area contributed by atoms with Gasteiger partial charge in [0.05, 0.1) is 0 Å². The van der Waals surface area contributed by atoms with E-state index in [9.17, 15) is 9.59 Å². The summed E-state index contributed by atoms with van der Waals surface area (Å²) in [5.74, 6) is -1.34. The number of carbonyl (C=O) groups excluding carboxylic acids is 1. The van der Waals surface area contributed by atoms with Crippen LogP contribution in [-0.2, 0) is 9.59 Å². The number of halogens is 1. The van der Waals surface area contributed by atoms with E-state index in [2.05, 4.69) is 21.2 Å². The zero-order valence-electron chi connectivity index (χ0n) is 12.1. The van der Waals surface area contributed by atoms with Gasteiger partial charge in [-0.1, -0.05) is 15.9 Å². The predicted molar refractivity (Wildman–Crippen MR) is 84.1 cm³/mol. The lowest BCUT2D eigenvalue weighted by Crippen LogP contribution is -2.30. The number of carboxylic acid groups (broad SMARTS) is 1. The fourth-order valence-corrected chi connectivity index (χ4v) is 1.93. The van der Waals surface area contributed by atoms with E-state index in [4.69, 9.17) is 15.1 Å². The highest BCUT2D eigenvalue weighted by molar-refractivity contribution is 9.10. The number of rotatable bonds is 6. The minimum absolute atomic E-state index is 0.0908. The Morgan fingerprint density at radius 3 is 2.73 bits per heavy atom. The Morgan fingerprint density at radius 2 is 2.18 bits per heavy atom. The number of benzene rings is 1. The second-order valence-electron chi connectivity index (χ2n) is 4.66. The van der Waals surface area contributed by atoms with Gasteiger partial charge in [0.2, 0.25) is 0 Å². The number of carboxylic acids is 1. The highest BCUT2D eigenvalue weighted by atomic mass is 79.9. The van der Waals surface area contributed by atoms with Crippen LogP contribution in [0.25, 0.3) is 6.08 Å². The van der Waals surface area contributed by atoms with Crippen LogP contribution in [0.4, 0.5) is 0 Å². The maximum Gasteiger partial charge on any atom is 0.341 e. The molecule has 1 rings (SSSR count). The molecule has 116 valence electrons. The summed E-state index contributed by atoms with van der Waals surface area (Å²) in [5.41, 5.74) is 0.345. The van der Waals surface area contributed by atoms with E-state index in [1.54, 1.807) is 32.0 Å². The van der Waals surface area contributed by atoms with Crippen LogP contribution in [0.3, 0.4) is 0 Å². The Morgan fingerprint density at radius 1 is 1.50 bits per heavy atom. The lowest BCUT2D eigenvalue weighted by atomic mass is 10.1. The molecule has 22 heavy (non-hydrogen) atoms. The van der Waals surface area contributed by atoms with E-state index < -0.39 is 18.5 Å². The summed E-state index contributed by atoms with van der Waals surface area (Å²) in [6.07, 6.45) is 1.36. The minimum atomic E-state index is -1.11. The van der Waals surface area contributed by atoms with Crippen molar-refractivity contribution in [1.29, 1.82) is 5.26 Å². The molecule has 0 saturated carbocycles. The Kier molecular flexibility index (Phi) is 6.60. The summed E-state index contributed by atoms with van der Waals surface area (Å²) in [5, 5.41) is 20.4. The number of nitriles is 1. The van der Waals surface area contributed by atoms with Gasteiger partial charge in [-0.15, -0.1) is 0 Å². The largest absolute Gasteiger partial charge is 0.481 e. The number of ether oxygens (including phenoxy) is 1. The molecule has 1 amide bonds. The van der Waals surface area contributed by atoms with Crippen molar-refractivity contribution in [1.82, 2.24) is 5.32 Å². The third kappa shape index (κ3) is 5.58. The molecule has 0 aliphatic carbocycles. The van der Waals surface area contributed by atoms with Crippen LogP contribution >= 0.6 is 15.9 Å². The van der Waals surface area contributed by atoms with Gasteiger partial charge < -0.3 is 15.2 Å². The normalized spacial score (nSPS) is 11.0. The second-order valence-corrected chi connectivity index (χ2v) is 5.58. The van der Waals surface area contributed by atoms with Crippen LogP contribution in [0.15, 0.2) is 28.2 Å². The molecule has 7 heteroatoms. The van der Waals surface area contributed by atoms with Gasteiger partial charge in [-0.3, -0.25) is 4.79 Å². The van der Waals surface area contributed by atoms with Crippen LogP contribution in [0.2, 0.25) is 0 Å². The van der Waals surface area contributed by atoms with Crippen molar-refractivity contribution in [3.8, 4) is 11.8 Å². The third-order valence-corrected chi connectivity index (χ3v) is 2.90. The van der Waals surface area contributed by atoms with Gasteiger partial charge in [0.1, 0.15) is 17.4 Å². The molecule has 0 unspecified atom stereocenters. The van der Waals surface area contributed by atoms with Gasteiger partial charge in [0, 0.05) is 16.1 Å². The van der Waals surface area contributed by atoms with E-state index in [-0.39, 0.29) is 17.4 Å². The molecular weight excluding hydrogens is 352 g/mol. The minimum Gasteiger partial charge on any atom is -0.481 e. The number of amides is 1. The molecule has 0 bridgehead atoms. The van der Waals surface area contributed by atoms with Gasteiger partial charge >= 0.3 is 5.97 Å². The molecule has 0 saturated heterocycles. The molecule has 6 nitrogen and oxygen atoms in total. The van der Waals surface area contributed by atoms with Gasteiger partial charge in [0.25, 0.3) is 5.91 Å². The first-order valence-electron chi connectivity index (χ1n) is 6.40. The first-order valence-corrected chi connectivity index (χ1v) is 7.19. The number of aliphatic carboxylic acids is 1. The Labute approximate surface area is 136 Å². The molecule has 0 radical (unpaired) electrons. The maximum atomic E-state index is 11.9. The summed E-state index contributed by atoms with van der Waals surface area (Å²) in [6.45, 7) is 3.06. The Hall–Kier alpha value is -2.33. The second kappa shape index (κ2) is 8.20. The predicted octanol–water partition coefficient (Wildman–Crippen LogP) is 2.34. The maximum absolute atomic E-state index is 11.9. The van der Waals surface area contributed by atoms with Gasteiger partial charge in [0.15, 0.2) is 6.61 Å². The molecule has 0 aliphatic rings. The van der Waals surface area contributed by atoms with Crippen molar-refractivity contribution in [3.05, 3.63) is 33.8 Å². The molecule has 0 aromatic heterocycles. The summed E-state index contributed by atoms with van der Waals surface area (Å²) in [6, 6.07) is 6.60. The molecule has 0 spiro atoms. The highest BCUT2D eigenvalue weighted by Gasteiger charge is 2.12. The number of nitrogens with one attached hydrogen (secondary N) is 1. The van der Waals surface area contributed by atoms with Crippen LogP contribution in [0, 0.1) is 11.3 Å². The van der Waals surface area contributed by atoms with E-state index in [0.29, 0.717) is 10.0 Å². The molecule has 1 aromatic carbocycles. The number of nitrogens with zero attached hydrogens (tertiary/aromatic N) is 1. The zero-order valence-corrected chi connectivity index (χ0v) is 13.7. The van der Waals surface area contributed by atoms with Crippen molar-refractivity contribution in [2.24, 2.45) is 0 Å². The van der Waals surface area contributed by atoms with Crippen molar-refractivity contribution in [2.75, 3.05) is 6.61 Å². The summed E-state index contributed by atoms with van der Waals surface area (Å²) < 4.78 is 5.86. The van der Waals surface area contributed by atoms with Crippen LogP contribution in [0.5, 0.6) is 5.75 Å². The van der Waals surface area contributed by atoms with Crippen molar-refractivity contribution in [2.45, 2.75) is 19.9 Å². The summed E-state index contributed by atoms with van der Waals surface area (Å²) in [7, 11) is 0. The average molecular weight is 367 g/mol. The average Bonchev–Trinajstić information content (AvgIpc) is 2.42. The number of hydrogen-bond acceptors (Lipinski definition) is 4. The lowest BCUT2D eigenvalue weighted by molar-refractivity contribution is -0.139. The van der Waals surface area contributed by atoms with Gasteiger partial charge in [-0.25, -0.2) is 4.79 Å². The molecule has 2 N–H and O–H groups in total. The zero-order chi connectivity index (χ0) is 16.7. The van der Waals surface area contributed by atoms with Crippen LogP contribution in [0.1, 0.15) is 19.4 Å². The molecular formula is C15H15BrN2O4. The SMILES string of the molecule is CC(C)NC(=O)/C(C#N)=C\c1cc(Br)ccc1OCC(=O)O. The quantitative estimate of drug-likeness (QED) is 0.594. The van der Waals surface area contributed by atoms with E-state index in [0.717, 1.165) is 0 Å². The number of hydrogen-bond donors (Lipinski definition) is 2. The van der Waals surface area contributed by atoms with E-state index >= 15 is 0 Å². The summed E-state index contributed by atoms with van der Waals surface area (Å²) >= 11 is 3.28. The molecule has 0 fully saturated rings. The fourth-order valence-electron chi connectivity index (χ4n) is 1.55. The molecule has 0 aliphatic heterocycles. The van der Waals surface area contributed by atoms with E-state index in [1.165, 1.54) is 6.08 Å². The highest BCUT2D eigenvalue weighted by Crippen LogP contribution is 2.25. The summed E-state index contributed by atoms with van der Waals surface area (Å²) in [4.78, 5) is 22.5. The molecule has 1 aromatic rings. The van der Waals surface area contributed by atoms with Crippen molar-refractivity contribution in [3.63, 3.8) is 0 Å². The standard InChI is InChI=1S/C15H15BrN2O4/c1-9(2)18-15(21)11(7-17)5-10-6-12(16)3-4-13(10)22-8-14(19)20/h3-6,9H,8H2,1-2H3,(H,18,21)(H,19,20)/b11-5-. The monoisotopic (exact) mass is 366 g/mol. The first-order chi connectivity index (χ1) is 10.3. The van der Waals surface area contributed by atoms with Gasteiger partial charge in [-0.2, -0.15) is 5.26 Å². The smallest absolute Gasteiger partial charge is 0.341 e. The Balaban J connectivity index is 3.14. The van der Waals surface area contributed by atoms with Crippen molar-refractivity contribution >= 4 is 33.9 Å². The number of carbonyl (C=O) groups is 2. The van der Waals surface area contributed by atoms with Gasteiger partial charge in [-0.05, 0) is 38.1 Å². The van der Waals surface area contributed by atoms with Crippen LogP contribution < -0.4 is 10.1 Å². The van der Waals surface area contributed by atoms with Crippen molar-refractivity contribution < 1.29 is 19.4 Å². The first kappa shape index (κ1) is 17.7. The fraction of sp³-hybridized carbons (Fsp3) is 0.267. The Bertz CT molecular complexity index is 647. The van der Waals surface area contributed by atoms with Crippen LogP contribution in [-0.4, -0.2) is 29.6 Å². The van der Waals surface area contributed by atoms with E-state index in [1.807, 2.05) is 6.07 Å². The third-order valence-electron chi connectivity index (χ3n) is 2.41. The lowest BCUT2D eigenvalue weighted by Gasteiger charge is -2.10.